The topological polar surface area (TPSA) is 91.7 Å². The van der Waals surface area contributed by atoms with E-state index < -0.39 is 0 Å². The number of piperidine rings is 1. The van der Waals surface area contributed by atoms with Crippen molar-refractivity contribution in [1.29, 1.82) is 0 Å². The molecule has 0 spiro atoms. The van der Waals surface area contributed by atoms with Gasteiger partial charge in [-0.25, -0.2) is 0 Å². The lowest BCUT2D eigenvalue weighted by molar-refractivity contribution is -0.121. The summed E-state index contributed by atoms with van der Waals surface area (Å²) in [6.45, 7) is 4.69. The van der Waals surface area contributed by atoms with E-state index in [0.717, 1.165) is 18.4 Å². The van der Waals surface area contributed by atoms with Crippen LogP contribution in [0.5, 0.6) is 0 Å². The molecule has 3 amide bonds. The maximum absolute atomic E-state index is 12.8. The number of nitrogens with zero attached hydrogens (tertiary/aromatic N) is 1. The van der Waals surface area contributed by atoms with Gasteiger partial charge < -0.3 is 20.0 Å². The fourth-order valence-corrected chi connectivity index (χ4v) is 3.26. The summed E-state index contributed by atoms with van der Waals surface area (Å²) >= 11 is 0. The predicted molar refractivity (Wildman–Crippen MR) is 106 cm³/mol. The number of amides is 3. The van der Waals surface area contributed by atoms with Gasteiger partial charge in [-0.05, 0) is 43.5 Å². The quantitative estimate of drug-likeness (QED) is 0.827. The molecule has 0 aliphatic carbocycles. The lowest BCUT2D eigenvalue weighted by Gasteiger charge is -2.32. The van der Waals surface area contributed by atoms with Crippen LogP contribution in [0.3, 0.4) is 0 Å². The van der Waals surface area contributed by atoms with Crippen LogP contribution in [0.15, 0.2) is 41.2 Å². The molecule has 7 nitrogen and oxygen atoms in total. The molecule has 2 aromatic rings. The Hall–Kier alpha value is -3.09. The van der Waals surface area contributed by atoms with E-state index in [9.17, 15) is 14.4 Å². The van der Waals surface area contributed by atoms with Gasteiger partial charge in [0.05, 0.1) is 17.7 Å². The van der Waals surface area contributed by atoms with Crippen molar-refractivity contribution in [2.75, 3.05) is 23.7 Å². The van der Waals surface area contributed by atoms with Gasteiger partial charge in [-0.2, -0.15) is 0 Å². The number of hydrogen-bond acceptors (Lipinski definition) is 4. The molecule has 1 aromatic heterocycles. The smallest absolute Gasteiger partial charge is 0.257 e. The highest BCUT2D eigenvalue weighted by Crippen LogP contribution is 2.24. The molecule has 1 aromatic carbocycles. The molecule has 28 heavy (non-hydrogen) atoms. The van der Waals surface area contributed by atoms with E-state index in [4.69, 9.17) is 4.42 Å². The molecule has 1 atom stereocenters. The van der Waals surface area contributed by atoms with Crippen molar-refractivity contribution in [3.8, 4) is 0 Å². The van der Waals surface area contributed by atoms with Crippen LogP contribution >= 0.6 is 0 Å². The molecule has 1 saturated heterocycles. The normalized spacial score (nSPS) is 16.5. The Balaban J connectivity index is 1.66. The fraction of sp³-hybridized carbons (Fsp3) is 0.381. The van der Waals surface area contributed by atoms with Crippen LogP contribution < -0.4 is 10.6 Å². The second kappa shape index (κ2) is 8.73. The van der Waals surface area contributed by atoms with Crippen LogP contribution in [-0.4, -0.2) is 35.7 Å². The molecule has 2 N–H and O–H groups in total. The van der Waals surface area contributed by atoms with E-state index >= 15 is 0 Å². The first-order valence-corrected chi connectivity index (χ1v) is 9.50. The van der Waals surface area contributed by atoms with E-state index in [2.05, 4.69) is 10.6 Å². The Morgan fingerprint density at radius 1 is 1.21 bits per heavy atom. The number of rotatable bonds is 5. The van der Waals surface area contributed by atoms with Crippen molar-refractivity contribution in [3.63, 3.8) is 0 Å². The number of likely N-dealkylation sites (tertiary alicyclic amines) is 1. The van der Waals surface area contributed by atoms with Gasteiger partial charge in [0.2, 0.25) is 11.8 Å². The number of nitrogens with one attached hydrogen (secondary N) is 2. The van der Waals surface area contributed by atoms with Gasteiger partial charge in [0.15, 0.2) is 0 Å². The van der Waals surface area contributed by atoms with Gasteiger partial charge in [0, 0.05) is 30.9 Å². The first kappa shape index (κ1) is 19.7. The maximum Gasteiger partial charge on any atom is 0.257 e. The summed E-state index contributed by atoms with van der Waals surface area (Å²) in [6, 6.07) is 7.06. The molecule has 148 valence electrons. The van der Waals surface area contributed by atoms with Gasteiger partial charge in [0.25, 0.3) is 5.91 Å². The van der Waals surface area contributed by atoms with Crippen molar-refractivity contribution in [2.45, 2.75) is 33.1 Å². The van der Waals surface area contributed by atoms with Gasteiger partial charge >= 0.3 is 0 Å². The summed E-state index contributed by atoms with van der Waals surface area (Å²) in [5.74, 6) is -0.599. The van der Waals surface area contributed by atoms with Crippen LogP contribution in [0.25, 0.3) is 0 Å². The van der Waals surface area contributed by atoms with E-state index in [1.54, 1.807) is 24.0 Å². The van der Waals surface area contributed by atoms with E-state index in [1.807, 2.05) is 19.1 Å². The highest BCUT2D eigenvalue weighted by molar-refractivity contribution is 5.97. The number of furan rings is 1. The molecule has 7 heteroatoms. The molecular weight excluding hydrogens is 358 g/mol. The summed E-state index contributed by atoms with van der Waals surface area (Å²) < 4.78 is 4.98. The van der Waals surface area contributed by atoms with Crippen molar-refractivity contribution in [2.24, 2.45) is 5.92 Å². The van der Waals surface area contributed by atoms with Gasteiger partial charge in [-0.1, -0.05) is 13.0 Å². The first-order chi connectivity index (χ1) is 13.5. The van der Waals surface area contributed by atoms with Crippen molar-refractivity contribution in [3.05, 3.63) is 47.9 Å². The number of carbonyl (C=O) groups is 3. The number of anilines is 2. The second-order valence-electron chi connectivity index (χ2n) is 7.02. The Labute approximate surface area is 164 Å². The van der Waals surface area contributed by atoms with E-state index in [0.29, 0.717) is 36.4 Å². The number of hydrogen-bond donors (Lipinski definition) is 2. The van der Waals surface area contributed by atoms with Crippen molar-refractivity contribution >= 4 is 29.1 Å². The lowest BCUT2D eigenvalue weighted by Crippen LogP contribution is -2.43. The highest BCUT2D eigenvalue weighted by Gasteiger charge is 2.29. The third kappa shape index (κ3) is 4.60. The second-order valence-corrected chi connectivity index (χ2v) is 7.02. The van der Waals surface area contributed by atoms with Crippen LogP contribution in [0.2, 0.25) is 0 Å². The predicted octanol–water partition coefficient (Wildman–Crippen LogP) is 3.43. The largest absolute Gasteiger partial charge is 0.472 e. The Morgan fingerprint density at radius 3 is 2.75 bits per heavy atom. The maximum atomic E-state index is 12.8. The zero-order valence-electron chi connectivity index (χ0n) is 16.2. The molecule has 0 bridgehead atoms. The third-order valence-corrected chi connectivity index (χ3v) is 4.95. The van der Waals surface area contributed by atoms with Crippen molar-refractivity contribution in [1.82, 2.24) is 4.90 Å². The molecular formula is C21H25N3O4. The molecule has 1 aliphatic heterocycles. The average molecular weight is 383 g/mol. The summed E-state index contributed by atoms with van der Waals surface area (Å²) in [6.07, 6.45) is 4.78. The number of carbonyl (C=O) groups excluding carboxylic acids is 3. The minimum Gasteiger partial charge on any atom is -0.472 e. The molecule has 0 saturated carbocycles. The first-order valence-electron chi connectivity index (χ1n) is 9.50. The summed E-state index contributed by atoms with van der Waals surface area (Å²) in [7, 11) is 0. The van der Waals surface area contributed by atoms with Gasteiger partial charge in [0.1, 0.15) is 6.26 Å². The van der Waals surface area contributed by atoms with Crippen LogP contribution in [0.4, 0.5) is 11.4 Å². The van der Waals surface area contributed by atoms with Crippen molar-refractivity contribution < 1.29 is 18.8 Å². The van der Waals surface area contributed by atoms with Crippen LogP contribution in [-0.2, 0) is 9.59 Å². The molecule has 3 rings (SSSR count). The zero-order valence-corrected chi connectivity index (χ0v) is 16.2. The van der Waals surface area contributed by atoms with Crippen LogP contribution in [0.1, 0.15) is 42.1 Å². The van der Waals surface area contributed by atoms with Gasteiger partial charge in [-0.15, -0.1) is 0 Å². The lowest BCUT2D eigenvalue weighted by atomic mass is 9.96. The molecule has 1 fully saturated rings. The third-order valence-electron chi connectivity index (χ3n) is 4.95. The van der Waals surface area contributed by atoms with E-state index in [1.165, 1.54) is 12.5 Å². The minimum absolute atomic E-state index is 0.0817. The van der Waals surface area contributed by atoms with Crippen LogP contribution in [0, 0.1) is 12.8 Å². The Morgan fingerprint density at radius 2 is 2.04 bits per heavy atom. The monoisotopic (exact) mass is 383 g/mol. The summed E-state index contributed by atoms with van der Waals surface area (Å²) in [5.41, 5.74) is 2.71. The number of aryl methyl sites for hydroxylation is 1. The standard InChI is InChI=1S/C21H25N3O4/c1-3-19(25)22-17-7-6-14(2)18(11-17)23-20(26)15-5-4-9-24(12-15)21(27)16-8-10-28-13-16/h6-8,10-11,13,15H,3-5,9,12H2,1-2H3,(H,22,25)(H,23,26). The highest BCUT2D eigenvalue weighted by atomic mass is 16.3. The molecule has 1 aliphatic rings. The number of benzene rings is 1. The minimum atomic E-state index is -0.280. The molecule has 2 heterocycles. The Bertz CT molecular complexity index is 861. The zero-order chi connectivity index (χ0) is 20.1. The average Bonchev–Trinajstić information content (AvgIpc) is 3.24. The Kier molecular flexibility index (Phi) is 6.13. The molecule has 1 unspecified atom stereocenters. The summed E-state index contributed by atoms with van der Waals surface area (Å²) in [4.78, 5) is 38.6. The molecule has 0 radical (unpaired) electrons. The van der Waals surface area contributed by atoms with Gasteiger partial charge in [-0.3, -0.25) is 14.4 Å². The SMILES string of the molecule is CCC(=O)Nc1ccc(C)c(NC(=O)C2CCCN(C(=O)c3ccoc3)C2)c1. The summed E-state index contributed by atoms with van der Waals surface area (Å²) in [5, 5.41) is 5.76. The van der Waals surface area contributed by atoms with E-state index in [-0.39, 0.29) is 23.6 Å². The fourth-order valence-electron chi connectivity index (χ4n) is 3.26.